The first-order valence-corrected chi connectivity index (χ1v) is 7.59. The third kappa shape index (κ3) is 8.20. The van der Waals surface area contributed by atoms with Crippen molar-refractivity contribution in [3.05, 3.63) is 0 Å². The van der Waals surface area contributed by atoms with Crippen LogP contribution in [0, 0.1) is 5.41 Å². The Kier molecular flexibility index (Phi) is 11.1. The molecule has 1 atom stereocenters. The van der Waals surface area contributed by atoms with E-state index in [1.807, 2.05) is 20.8 Å². The standard InChI is InChI=1S/C15H30N4O2.2ClH/c1-15(2,3)13(16)14(21)17-11-6-8-19(9-7-11)10-12(20)18(4)5;;/h11,13H,6-10,16H2,1-5H3,(H,17,21);2*1H/t13-;;/m1../s1. The van der Waals surface area contributed by atoms with Crippen molar-refractivity contribution in [1.29, 1.82) is 0 Å². The van der Waals surface area contributed by atoms with Gasteiger partial charge in [-0.1, -0.05) is 20.8 Å². The number of rotatable bonds is 4. The van der Waals surface area contributed by atoms with E-state index in [9.17, 15) is 9.59 Å². The molecule has 23 heavy (non-hydrogen) atoms. The van der Waals surface area contributed by atoms with E-state index in [4.69, 9.17) is 5.73 Å². The quantitative estimate of drug-likeness (QED) is 0.769. The molecule has 0 saturated carbocycles. The lowest BCUT2D eigenvalue weighted by atomic mass is 9.86. The Labute approximate surface area is 152 Å². The van der Waals surface area contributed by atoms with Crippen molar-refractivity contribution in [3.8, 4) is 0 Å². The highest BCUT2D eigenvalue weighted by molar-refractivity contribution is 5.85. The monoisotopic (exact) mass is 370 g/mol. The van der Waals surface area contributed by atoms with Gasteiger partial charge >= 0.3 is 0 Å². The summed E-state index contributed by atoms with van der Waals surface area (Å²) in [5, 5.41) is 3.04. The Hall–Kier alpha value is -0.560. The number of hydrogen-bond acceptors (Lipinski definition) is 4. The van der Waals surface area contributed by atoms with Gasteiger partial charge in [0, 0.05) is 33.2 Å². The lowest BCUT2D eigenvalue weighted by Crippen LogP contribution is -2.54. The number of carbonyl (C=O) groups is 2. The fraction of sp³-hybridized carbons (Fsp3) is 0.867. The van der Waals surface area contributed by atoms with Gasteiger partial charge in [-0.05, 0) is 18.3 Å². The van der Waals surface area contributed by atoms with Crippen LogP contribution in [-0.2, 0) is 9.59 Å². The molecular formula is C15H32Cl2N4O2. The summed E-state index contributed by atoms with van der Waals surface area (Å²) in [7, 11) is 3.53. The van der Waals surface area contributed by atoms with Gasteiger partial charge in [-0.15, -0.1) is 24.8 Å². The smallest absolute Gasteiger partial charge is 0.237 e. The highest BCUT2D eigenvalue weighted by Gasteiger charge is 2.30. The van der Waals surface area contributed by atoms with Crippen molar-refractivity contribution in [2.75, 3.05) is 33.7 Å². The van der Waals surface area contributed by atoms with Crippen LogP contribution in [0.1, 0.15) is 33.6 Å². The van der Waals surface area contributed by atoms with E-state index in [-0.39, 0.29) is 48.1 Å². The topological polar surface area (TPSA) is 78.7 Å². The van der Waals surface area contributed by atoms with Gasteiger partial charge in [0.05, 0.1) is 12.6 Å². The van der Waals surface area contributed by atoms with Crippen LogP contribution >= 0.6 is 24.8 Å². The molecule has 1 saturated heterocycles. The minimum Gasteiger partial charge on any atom is -0.352 e. The van der Waals surface area contributed by atoms with Gasteiger partial charge in [-0.2, -0.15) is 0 Å². The number of carbonyl (C=O) groups excluding carboxylic acids is 2. The fourth-order valence-corrected chi connectivity index (χ4v) is 2.25. The maximum absolute atomic E-state index is 12.1. The van der Waals surface area contributed by atoms with Gasteiger partial charge in [0.1, 0.15) is 0 Å². The van der Waals surface area contributed by atoms with Crippen LogP contribution in [0.5, 0.6) is 0 Å². The van der Waals surface area contributed by atoms with Gasteiger partial charge in [0.25, 0.3) is 0 Å². The van der Waals surface area contributed by atoms with Crippen LogP contribution in [0.2, 0.25) is 0 Å². The Bertz CT molecular complexity index is 378. The van der Waals surface area contributed by atoms with E-state index < -0.39 is 6.04 Å². The zero-order chi connectivity index (χ0) is 16.2. The molecule has 138 valence electrons. The van der Waals surface area contributed by atoms with Crippen LogP contribution in [0.15, 0.2) is 0 Å². The molecule has 1 fully saturated rings. The van der Waals surface area contributed by atoms with Crippen molar-refractivity contribution in [2.24, 2.45) is 11.1 Å². The highest BCUT2D eigenvalue weighted by atomic mass is 35.5. The van der Waals surface area contributed by atoms with Crippen LogP contribution in [-0.4, -0.2) is 67.4 Å². The van der Waals surface area contributed by atoms with Crippen LogP contribution in [0.3, 0.4) is 0 Å². The molecule has 1 aliphatic rings. The number of nitrogens with zero attached hydrogens (tertiary/aromatic N) is 2. The normalized spacial score (nSPS) is 17.5. The van der Waals surface area contributed by atoms with E-state index in [2.05, 4.69) is 10.2 Å². The molecule has 1 heterocycles. The first kappa shape index (κ1) is 24.7. The second-order valence-electron chi connectivity index (χ2n) is 7.19. The number of likely N-dealkylation sites (tertiary alicyclic amines) is 1. The van der Waals surface area contributed by atoms with E-state index in [0.717, 1.165) is 25.9 Å². The molecule has 0 aliphatic carbocycles. The molecule has 8 heteroatoms. The Balaban J connectivity index is 0. The average Bonchev–Trinajstić information content (AvgIpc) is 2.38. The molecule has 0 spiro atoms. The van der Waals surface area contributed by atoms with Crippen LogP contribution < -0.4 is 11.1 Å². The maximum atomic E-state index is 12.1. The number of piperidine rings is 1. The second kappa shape index (κ2) is 10.3. The predicted octanol–water partition coefficient (Wildman–Crippen LogP) is 0.872. The largest absolute Gasteiger partial charge is 0.352 e. The van der Waals surface area contributed by atoms with E-state index in [0.29, 0.717) is 6.54 Å². The summed E-state index contributed by atoms with van der Waals surface area (Å²) in [5.41, 5.74) is 5.73. The number of amides is 2. The minimum atomic E-state index is -0.495. The van der Waals surface area contributed by atoms with Crippen molar-refractivity contribution in [1.82, 2.24) is 15.1 Å². The highest BCUT2D eigenvalue weighted by Crippen LogP contribution is 2.18. The lowest BCUT2D eigenvalue weighted by molar-refractivity contribution is -0.130. The number of nitrogens with two attached hydrogens (primary N) is 1. The van der Waals surface area contributed by atoms with E-state index >= 15 is 0 Å². The summed E-state index contributed by atoms with van der Waals surface area (Å²) in [5.74, 6) is 0.0394. The van der Waals surface area contributed by atoms with E-state index in [1.54, 1.807) is 19.0 Å². The molecule has 0 bridgehead atoms. The summed E-state index contributed by atoms with van der Waals surface area (Å²) in [6.07, 6.45) is 1.73. The molecule has 0 aromatic carbocycles. The molecule has 0 aromatic heterocycles. The molecule has 1 aliphatic heterocycles. The van der Waals surface area contributed by atoms with Crippen LogP contribution in [0.25, 0.3) is 0 Å². The molecular weight excluding hydrogens is 339 g/mol. The minimum absolute atomic E-state index is 0. The Morgan fingerprint density at radius 3 is 2.09 bits per heavy atom. The van der Waals surface area contributed by atoms with Gasteiger partial charge in [0.2, 0.25) is 11.8 Å². The van der Waals surface area contributed by atoms with Crippen molar-refractivity contribution >= 4 is 36.6 Å². The van der Waals surface area contributed by atoms with E-state index in [1.165, 1.54) is 0 Å². The maximum Gasteiger partial charge on any atom is 0.237 e. The molecule has 1 rings (SSSR count). The van der Waals surface area contributed by atoms with Gasteiger partial charge in [0.15, 0.2) is 0 Å². The van der Waals surface area contributed by atoms with Gasteiger partial charge in [-0.3, -0.25) is 14.5 Å². The molecule has 0 unspecified atom stereocenters. The third-order valence-corrected chi connectivity index (χ3v) is 4.01. The fourth-order valence-electron chi connectivity index (χ4n) is 2.25. The summed E-state index contributed by atoms with van der Waals surface area (Å²) >= 11 is 0. The van der Waals surface area contributed by atoms with Crippen molar-refractivity contribution < 1.29 is 9.59 Å². The summed E-state index contributed by atoms with van der Waals surface area (Å²) in [4.78, 5) is 27.5. The molecule has 2 amide bonds. The summed E-state index contributed by atoms with van der Waals surface area (Å²) in [6.45, 7) is 8.01. The zero-order valence-electron chi connectivity index (χ0n) is 14.8. The Morgan fingerprint density at radius 2 is 1.70 bits per heavy atom. The molecule has 0 radical (unpaired) electrons. The molecule has 0 aromatic rings. The van der Waals surface area contributed by atoms with Crippen molar-refractivity contribution in [2.45, 2.75) is 45.7 Å². The number of hydrogen-bond donors (Lipinski definition) is 2. The first-order valence-electron chi connectivity index (χ1n) is 7.59. The third-order valence-electron chi connectivity index (χ3n) is 4.01. The Morgan fingerprint density at radius 1 is 1.22 bits per heavy atom. The lowest BCUT2D eigenvalue weighted by Gasteiger charge is -2.34. The van der Waals surface area contributed by atoms with Gasteiger partial charge in [-0.25, -0.2) is 0 Å². The number of likely N-dealkylation sites (N-methyl/N-ethyl adjacent to an activating group) is 1. The SMILES string of the molecule is CN(C)C(=O)CN1CCC(NC(=O)[C@@H](N)C(C)(C)C)CC1.Cl.Cl. The molecule has 6 nitrogen and oxygen atoms in total. The van der Waals surface area contributed by atoms with Crippen LogP contribution in [0.4, 0.5) is 0 Å². The predicted molar refractivity (Wildman–Crippen MR) is 98.2 cm³/mol. The second-order valence-corrected chi connectivity index (χ2v) is 7.19. The summed E-state index contributed by atoms with van der Waals surface area (Å²) < 4.78 is 0. The number of nitrogens with one attached hydrogen (secondary N) is 1. The molecule has 3 N–H and O–H groups in total. The zero-order valence-corrected chi connectivity index (χ0v) is 16.4. The summed E-state index contributed by atoms with van der Waals surface area (Å²) in [6, 6.07) is -0.331. The first-order chi connectivity index (χ1) is 9.61. The number of halogens is 2. The average molecular weight is 371 g/mol. The van der Waals surface area contributed by atoms with Gasteiger partial charge < -0.3 is 16.0 Å². The van der Waals surface area contributed by atoms with Crippen molar-refractivity contribution in [3.63, 3.8) is 0 Å².